The summed E-state index contributed by atoms with van der Waals surface area (Å²) < 4.78 is 15.4. The summed E-state index contributed by atoms with van der Waals surface area (Å²) in [5.74, 6) is -1.45. The van der Waals surface area contributed by atoms with E-state index in [2.05, 4.69) is 0 Å². The van der Waals surface area contributed by atoms with Crippen LogP contribution < -0.4 is 9.47 Å². The van der Waals surface area contributed by atoms with Crippen molar-refractivity contribution in [2.24, 2.45) is 0 Å². The molecule has 0 fully saturated rings. The molecule has 1 aromatic carbocycles. The summed E-state index contributed by atoms with van der Waals surface area (Å²) in [6, 6.07) is 6.58. The van der Waals surface area contributed by atoms with Crippen LogP contribution in [0.5, 0.6) is 11.5 Å². The molecule has 0 aliphatic carbocycles. The Labute approximate surface area is 133 Å². The molecule has 122 valence electrons. The summed E-state index contributed by atoms with van der Waals surface area (Å²) in [5.41, 5.74) is 0.127. The van der Waals surface area contributed by atoms with Crippen LogP contribution in [-0.4, -0.2) is 36.9 Å². The normalized spacial score (nSPS) is 10.6. The molecule has 0 saturated heterocycles. The topological polar surface area (TPSA) is 106 Å². The molecule has 0 aromatic heterocycles. The van der Waals surface area contributed by atoms with Crippen LogP contribution in [0.3, 0.4) is 0 Å². The second kappa shape index (κ2) is 9.10. The number of carboxylic acids is 1. The third-order valence-electron chi connectivity index (χ3n) is 2.56. The molecule has 0 unspecified atom stereocenters. The van der Waals surface area contributed by atoms with Crippen LogP contribution in [0, 0.1) is 11.3 Å². The van der Waals surface area contributed by atoms with Gasteiger partial charge < -0.3 is 19.3 Å². The Hall–Kier alpha value is -3.01. The smallest absolute Gasteiger partial charge is 0.348 e. The zero-order valence-electron chi connectivity index (χ0n) is 12.9. The van der Waals surface area contributed by atoms with Gasteiger partial charge in [0.15, 0.2) is 18.1 Å². The van der Waals surface area contributed by atoms with E-state index in [9.17, 15) is 9.59 Å². The number of carbonyl (C=O) groups is 2. The van der Waals surface area contributed by atoms with Crippen molar-refractivity contribution in [2.75, 3.05) is 19.8 Å². The number of hydrogen-bond acceptors (Lipinski definition) is 6. The van der Waals surface area contributed by atoms with Gasteiger partial charge in [0.1, 0.15) is 11.6 Å². The number of hydrogen-bond donors (Lipinski definition) is 1. The first-order valence-electron chi connectivity index (χ1n) is 6.92. The van der Waals surface area contributed by atoms with Crippen LogP contribution >= 0.6 is 0 Å². The maximum atomic E-state index is 11.7. The molecule has 7 nitrogen and oxygen atoms in total. The second-order valence-electron chi connectivity index (χ2n) is 4.18. The van der Waals surface area contributed by atoms with Crippen LogP contribution in [0.1, 0.15) is 19.4 Å². The van der Waals surface area contributed by atoms with E-state index < -0.39 is 18.5 Å². The summed E-state index contributed by atoms with van der Waals surface area (Å²) in [6.07, 6.45) is 1.28. The van der Waals surface area contributed by atoms with E-state index in [1.54, 1.807) is 38.1 Å². The summed E-state index contributed by atoms with van der Waals surface area (Å²) in [4.78, 5) is 22.4. The number of rotatable bonds is 8. The first-order chi connectivity index (χ1) is 11.0. The van der Waals surface area contributed by atoms with Gasteiger partial charge in [-0.05, 0) is 26.0 Å². The minimum absolute atomic E-state index is 0.138. The maximum Gasteiger partial charge on any atom is 0.348 e. The molecule has 23 heavy (non-hydrogen) atoms. The molecular formula is C16H17NO6. The van der Waals surface area contributed by atoms with E-state index in [1.165, 1.54) is 6.08 Å². The lowest BCUT2D eigenvalue weighted by molar-refractivity contribution is -0.139. The van der Waals surface area contributed by atoms with Crippen LogP contribution in [0.4, 0.5) is 0 Å². The van der Waals surface area contributed by atoms with Gasteiger partial charge in [-0.2, -0.15) is 5.26 Å². The van der Waals surface area contributed by atoms with E-state index >= 15 is 0 Å². The van der Waals surface area contributed by atoms with Crippen molar-refractivity contribution in [3.8, 4) is 17.6 Å². The fourth-order valence-electron chi connectivity index (χ4n) is 1.71. The Morgan fingerprint density at radius 1 is 1.26 bits per heavy atom. The molecule has 0 saturated carbocycles. The largest absolute Gasteiger partial charge is 0.490 e. The molecule has 0 aliphatic rings. The van der Waals surface area contributed by atoms with Crippen molar-refractivity contribution in [2.45, 2.75) is 13.8 Å². The highest BCUT2D eigenvalue weighted by Crippen LogP contribution is 2.33. The fraction of sp³-hybridized carbons (Fsp3) is 0.312. The summed E-state index contributed by atoms with van der Waals surface area (Å²) in [6.45, 7) is 3.30. The standard InChI is InChI=1S/C16H17NO6/c1-3-21-13-7-5-6-11(15(13)23-10-14(18)19)8-12(9-17)16(20)22-4-2/h5-8H,3-4,10H2,1-2H3,(H,18,19)/b12-8+. The van der Waals surface area contributed by atoms with Gasteiger partial charge in [-0.3, -0.25) is 0 Å². The first kappa shape index (κ1) is 18.0. The number of carbonyl (C=O) groups excluding carboxylic acids is 1. The quantitative estimate of drug-likeness (QED) is 0.444. The maximum absolute atomic E-state index is 11.7. The summed E-state index contributed by atoms with van der Waals surface area (Å²) in [7, 11) is 0. The number of nitrogens with zero attached hydrogens (tertiary/aromatic N) is 1. The SMILES string of the molecule is CCOC(=O)/C(C#N)=C/c1cccc(OCC)c1OCC(=O)O. The van der Waals surface area contributed by atoms with Gasteiger partial charge in [0.05, 0.1) is 13.2 Å². The van der Waals surface area contributed by atoms with E-state index in [0.29, 0.717) is 17.9 Å². The summed E-state index contributed by atoms with van der Waals surface area (Å²) in [5, 5.41) is 17.8. The first-order valence-corrected chi connectivity index (χ1v) is 6.92. The lowest BCUT2D eigenvalue weighted by Crippen LogP contribution is -2.11. The Bertz CT molecular complexity index is 644. The Morgan fingerprint density at radius 3 is 2.57 bits per heavy atom. The highest BCUT2D eigenvalue weighted by atomic mass is 16.5. The molecule has 0 radical (unpaired) electrons. The lowest BCUT2D eigenvalue weighted by atomic mass is 10.1. The lowest BCUT2D eigenvalue weighted by Gasteiger charge is -2.13. The molecule has 7 heteroatoms. The van der Waals surface area contributed by atoms with Crippen LogP contribution in [0.25, 0.3) is 6.08 Å². The molecule has 1 aromatic rings. The van der Waals surface area contributed by atoms with Gasteiger partial charge in [-0.1, -0.05) is 12.1 Å². The molecule has 0 spiro atoms. The van der Waals surface area contributed by atoms with Gasteiger partial charge in [0.25, 0.3) is 0 Å². The Kier molecular flexibility index (Phi) is 7.14. The number of esters is 1. The molecule has 0 amide bonds. The number of carboxylic acid groups (broad SMARTS) is 1. The fourth-order valence-corrected chi connectivity index (χ4v) is 1.71. The number of ether oxygens (including phenoxy) is 3. The second-order valence-corrected chi connectivity index (χ2v) is 4.18. The van der Waals surface area contributed by atoms with Crippen molar-refractivity contribution in [3.05, 3.63) is 29.3 Å². The summed E-state index contributed by atoms with van der Waals surface area (Å²) >= 11 is 0. The van der Waals surface area contributed by atoms with Crippen LogP contribution in [0.2, 0.25) is 0 Å². The van der Waals surface area contributed by atoms with Crippen LogP contribution in [-0.2, 0) is 14.3 Å². The van der Waals surface area contributed by atoms with Gasteiger partial charge in [0, 0.05) is 5.56 Å². The van der Waals surface area contributed by atoms with Crippen molar-refractivity contribution >= 4 is 18.0 Å². The highest BCUT2D eigenvalue weighted by molar-refractivity contribution is 5.98. The van der Waals surface area contributed by atoms with Gasteiger partial charge in [-0.15, -0.1) is 0 Å². The van der Waals surface area contributed by atoms with Gasteiger partial charge in [0.2, 0.25) is 0 Å². The van der Waals surface area contributed by atoms with Crippen molar-refractivity contribution in [1.29, 1.82) is 5.26 Å². The van der Waals surface area contributed by atoms with Crippen molar-refractivity contribution in [3.63, 3.8) is 0 Å². The number of benzene rings is 1. The van der Waals surface area contributed by atoms with E-state index in [-0.39, 0.29) is 17.9 Å². The van der Waals surface area contributed by atoms with E-state index in [1.807, 2.05) is 0 Å². The molecule has 0 atom stereocenters. The average Bonchev–Trinajstić information content (AvgIpc) is 2.52. The molecule has 1 rings (SSSR count). The van der Waals surface area contributed by atoms with Gasteiger partial charge >= 0.3 is 11.9 Å². The predicted molar refractivity (Wildman–Crippen MR) is 81.0 cm³/mol. The minimum Gasteiger partial charge on any atom is -0.490 e. The van der Waals surface area contributed by atoms with Crippen molar-refractivity contribution in [1.82, 2.24) is 0 Å². The zero-order valence-corrected chi connectivity index (χ0v) is 12.9. The molecular weight excluding hydrogens is 302 g/mol. The Morgan fingerprint density at radius 2 is 2.00 bits per heavy atom. The van der Waals surface area contributed by atoms with E-state index in [4.69, 9.17) is 24.6 Å². The molecule has 0 aliphatic heterocycles. The highest BCUT2D eigenvalue weighted by Gasteiger charge is 2.15. The molecule has 0 heterocycles. The molecule has 0 bridgehead atoms. The minimum atomic E-state index is -1.16. The monoisotopic (exact) mass is 319 g/mol. The number of para-hydroxylation sites is 1. The zero-order chi connectivity index (χ0) is 17.2. The van der Waals surface area contributed by atoms with Gasteiger partial charge in [-0.25, -0.2) is 9.59 Å². The Balaban J connectivity index is 3.27. The molecule has 1 N–H and O–H groups in total. The van der Waals surface area contributed by atoms with Crippen molar-refractivity contribution < 1.29 is 28.9 Å². The third-order valence-corrected chi connectivity index (χ3v) is 2.56. The van der Waals surface area contributed by atoms with E-state index in [0.717, 1.165) is 0 Å². The third kappa shape index (κ3) is 5.36. The average molecular weight is 319 g/mol. The number of aliphatic carboxylic acids is 1. The predicted octanol–water partition coefficient (Wildman–Crippen LogP) is 2.02. The number of nitriles is 1. The van der Waals surface area contributed by atoms with Crippen LogP contribution in [0.15, 0.2) is 23.8 Å².